The number of benzene rings is 1. The largest absolute Gasteiger partial charge is 0.299 e. The zero-order valence-electron chi connectivity index (χ0n) is 11.2. The maximum atomic E-state index is 11.8. The van der Waals surface area contributed by atoms with Crippen molar-refractivity contribution in [3.63, 3.8) is 0 Å². The lowest BCUT2D eigenvalue weighted by Gasteiger charge is -2.03. The molecule has 0 bridgehead atoms. The average molecular weight is 310 g/mol. The summed E-state index contributed by atoms with van der Waals surface area (Å²) in [4.78, 5) is 45.3. The molecule has 0 spiro atoms. The van der Waals surface area contributed by atoms with Crippen molar-refractivity contribution in [2.75, 3.05) is 11.5 Å². The second-order valence-electron chi connectivity index (χ2n) is 4.14. The van der Waals surface area contributed by atoms with Crippen LogP contribution >= 0.6 is 23.5 Å². The number of hydrogen-bond donors (Lipinski definition) is 0. The zero-order chi connectivity index (χ0) is 15.1. The van der Waals surface area contributed by atoms with Crippen molar-refractivity contribution in [3.8, 4) is 0 Å². The molecule has 0 saturated heterocycles. The molecule has 0 atom stereocenters. The van der Waals surface area contributed by atoms with Gasteiger partial charge < -0.3 is 0 Å². The van der Waals surface area contributed by atoms with Crippen LogP contribution < -0.4 is 0 Å². The van der Waals surface area contributed by atoms with Crippen LogP contribution in [0.1, 0.15) is 34.6 Å². The second kappa shape index (κ2) is 8.01. The van der Waals surface area contributed by atoms with Gasteiger partial charge in [0.05, 0.1) is 11.5 Å². The molecule has 0 aliphatic rings. The van der Waals surface area contributed by atoms with Crippen molar-refractivity contribution in [1.82, 2.24) is 0 Å². The summed E-state index contributed by atoms with van der Waals surface area (Å²) in [5.41, 5.74) is 0.760. The van der Waals surface area contributed by atoms with E-state index in [1.165, 1.54) is 19.9 Å². The summed E-state index contributed by atoms with van der Waals surface area (Å²) >= 11 is 1.83. The molecule has 1 aromatic carbocycles. The SMILES string of the molecule is CC(=O)CSC(=O)c1cccc(C(=O)SCC(C)=O)c1. The highest BCUT2D eigenvalue weighted by Crippen LogP contribution is 2.18. The molecule has 0 radical (unpaired) electrons. The zero-order valence-corrected chi connectivity index (χ0v) is 12.8. The molecule has 1 aromatic rings. The highest BCUT2D eigenvalue weighted by molar-refractivity contribution is 8.15. The maximum absolute atomic E-state index is 11.8. The van der Waals surface area contributed by atoms with Gasteiger partial charge in [0.1, 0.15) is 11.6 Å². The van der Waals surface area contributed by atoms with E-state index in [2.05, 4.69) is 0 Å². The minimum absolute atomic E-state index is 0.0763. The van der Waals surface area contributed by atoms with Gasteiger partial charge >= 0.3 is 0 Å². The molecule has 0 fully saturated rings. The maximum Gasteiger partial charge on any atom is 0.219 e. The molecule has 0 amide bonds. The van der Waals surface area contributed by atoms with Crippen molar-refractivity contribution < 1.29 is 19.2 Å². The molecule has 0 N–H and O–H groups in total. The Balaban J connectivity index is 2.74. The predicted octanol–water partition coefficient (Wildman–Crippen LogP) is 2.61. The third kappa shape index (κ3) is 5.71. The lowest BCUT2D eigenvalue weighted by molar-refractivity contribution is -0.115. The van der Waals surface area contributed by atoms with Crippen LogP contribution in [-0.4, -0.2) is 33.3 Å². The Kier molecular flexibility index (Phi) is 6.67. The Labute approximate surface area is 125 Å². The fourth-order valence-corrected chi connectivity index (χ4v) is 2.53. The molecule has 4 nitrogen and oxygen atoms in total. The first-order chi connectivity index (χ1) is 9.40. The number of thioether (sulfide) groups is 2. The van der Waals surface area contributed by atoms with Crippen LogP contribution in [0, 0.1) is 0 Å². The summed E-state index contributed by atoms with van der Waals surface area (Å²) in [5.74, 6) is 0.0896. The van der Waals surface area contributed by atoms with Gasteiger partial charge in [0, 0.05) is 11.1 Å². The second-order valence-corrected chi connectivity index (χ2v) is 6.03. The van der Waals surface area contributed by atoms with Gasteiger partial charge in [0.25, 0.3) is 0 Å². The average Bonchev–Trinajstić information content (AvgIpc) is 2.42. The Morgan fingerprint density at radius 2 is 1.25 bits per heavy atom. The summed E-state index contributed by atoms with van der Waals surface area (Å²) in [6, 6.07) is 6.30. The van der Waals surface area contributed by atoms with Crippen molar-refractivity contribution >= 4 is 45.3 Å². The minimum atomic E-state index is -0.244. The molecule has 106 valence electrons. The Morgan fingerprint density at radius 3 is 1.60 bits per heavy atom. The van der Waals surface area contributed by atoms with Crippen molar-refractivity contribution in [1.29, 1.82) is 0 Å². The van der Waals surface area contributed by atoms with E-state index >= 15 is 0 Å². The van der Waals surface area contributed by atoms with Crippen LogP contribution in [0.5, 0.6) is 0 Å². The first kappa shape index (κ1) is 16.7. The molecule has 0 aliphatic carbocycles. The van der Waals surface area contributed by atoms with Crippen LogP contribution in [0.15, 0.2) is 24.3 Å². The lowest BCUT2D eigenvalue weighted by atomic mass is 10.1. The van der Waals surface area contributed by atoms with Gasteiger partial charge in [-0.05, 0) is 19.9 Å². The van der Waals surface area contributed by atoms with E-state index < -0.39 is 0 Å². The molecule has 1 rings (SSSR count). The van der Waals surface area contributed by atoms with Gasteiger partial charge in [-0.15, -0.1) is 0 Å². The molecular weight excluding hydrogens is 296 g/mol. The van der Waals surface area contributed by atoms with Gasteiger partial charge in [-0.2, -0.15) is 0 Å². The summed E-state index contributed by atoms with van der Waals surface area (Å²) in [5, 5.41) is -0.488. The van der Waals surface area contributed by atoms with Gasteiger partial charge in [-0.1, -0.05) is 41.7 Å². The summed E-state index contributed by atoms with van der Waals surface area (Å²) in [6.07, 6.45) is 0. The number of ketones is 2. The number of carbonyl (C=O) groups is 4. The van der Waals surface area contributed by atoms with Crippen LogP contribution in [0.4, 0.5) is 0 Å². The minimum Gasteiger partial charge on any atom is -0.299 e. The van der Waals surface area contributed by atoms with Crippen LogP contribution in [0.25, 0.3) is 0 Å². The van der Waals surface area contributed by atoms with Crippen molar-refractivity contribution in [2.24, 2.45) is 0 Å². The Morgan fingerprint density at radius 1 is 0.850 bits per heavy atom. The third-order valence-electron chi connectivity index (χ3n) is 2.15. The summed E-state index contributed by atoms with van der Waals surface area (Å²) in [6.45, 7) is 2.83. The normalized spacial score (nSPS) is 10.1. The standard InChI is InChI=1S/C14H14O4S2/c1-9(15)7-19-13(17)11-4-3-5-12(6-11)14(18)20-8-10(2)16/h3-6H,7-8H2,1-2H3. The molecule has 0 aliphatic heterocycles. The quantitative estimate of drug-likeness (QED) is 0.804. The highest BCUT2D eigenvalue weighted by atomic mass is 32.2. The highest BCUT2D eigenvalue weighted by Gasteiger charge is 2.12. The van der Waals surface area contributed by atoms with E-state index in [9.17, 15) is 19.2 Å². The number of rotatable bonds is 6. The Hall–Kier alpha value is -1.40. The lowest BCUT2D eigenvalue weighted by Crippen LogP contribution is -2.04. The van der Waals surface area contributed by atoms with Crippen LogP contribution in [-0.2, 0) is 9.59 Å². The molecule has 20 heavy (non-hydrogen) atoms. The van der Waals surface area contributed by atoms with E-state index in [0.717, 1.165) is 23.5 Å². The van der Waals surface area contributed by atoms with Gasteiger partial charge in [0.2, 0.25) is 10.2 Å². The molecule has 0 unspecified atom stereocenters. The van der Waals surface area contributed by atoms with E-state index in [1.807, 2.05) is 0 Å². The first-order valence-electron chi connectivity index (χ1n) is 5.83. The molecular formula is C14H14O4S2. The van der Waals surface area contributed by atoms with Gasteiger partial charge in [-0.25, -0.2) is 0 Å². The van der Waals surface area contributed by atoms with Crippen LogP contribution in [0.3, 0.4) is 0 Å². The van der Waals surface area contributed by atoms with Gasteiger partial charge in [0.15, 0.2) is 0 Å². The van der Waals surface area contributed by atoms with Crippen molar-refractivity contribution in [3.05, 3.63) is 35.4 Å². The van der Waals surface area contributed by atoms with Crippen LogP contribution in [0.2, 0.25) is 0 Å². The monoisotopic (exact) mass is 310 g/mol. The summed E-state index contributed by atoms with van der Waals surface area (Å²) < 4.78 is 0. The fraction of sp³-hybridized carbons (Fsp3) is 0.286. The fourth-order valence-electron chi connectivity index (χ4n) is 1.27. The summed E-state index contributed by atoms with van der Waals surface area (Å²) in [7, 11) is 0. The third-order valence-corrected chi connectivity index (χ3v) is 4.24. The topological polar surface area (TPSA) is 68.3 Å². The number of hydrogen-bond acceptors (Lipinski definition) is 6. The predicted molar refractivity (Wildman–Crippen MR) is 81.4 cm³/mol. The van der Waals surface area contributed by atoms with Gasteiger partial charge in [-0.3, -0.25) is 19.2 Å². The van der Waals surface area contributed by atoms with Crippen molar-refractivity contribution in [2.45, 2.75) is 13.8 Å². The molecule has 0 heterocycles. The van der Waals surface area contributed by atoms with E-state index in [4.69, 9.17) is 0 Å². The smallest absolute Gasteiger partial charge is 0.219 e. The molecule has 0 aromatic heterocycles. The number of Topliss-reactive ketones (excluding diaryl/α,β-unsaturated/α-hetero) is 2. The number of carbonyl (C=O) groups excluding carboxylic acids is 4. The van der Waals surface area contributed by atoms with E-state index in [0.29, 0.717) is 11.1 Å². The molecule has 6 heteroatoms. The molecule has 0 saturated carbocycles. The Bertz CT molecular complexity index is 507. The first-order valence-corrected chi connectivity index (χ1v) is 7.80. The van der Waals surface area contributed by atoms with E-state index in [1.54, 1.807) is 18.2 Å². The van der Waals surface area contributed by atoms with E-state index in [-0.39, 0.29) is 33.3 Å².